The molecule has 0 spiro atoms. The number of amides is 1. The van der Waals surface area contributed by atoms with Crippen molar-refractivity contribution in [3.63, 3.8) is 0 Å². The molecule has 0 saturated carbocycles. The van der Waals surface area contributed by atoms with Crippen molar-refractivity contribution in [2.45, 2.75) is 19.4 Å². The smallest absolute Gasteiger partial charge is 0.254 e. The third-order valence-corrected chi connectivity index (χ3v) is 2.05. The van der Waals surface area contributed by atoms with Crippen LogP contribution in [0.1, 0.15) is 24.2 Å². The van der Waals surface area contributed by atoms with E-state index in [-0.39, 0.29) is 18.0 Å². The first-order chi connectivity index (χ1) is 7.69. The van der Waals surface area contributed by atoms with Crippen molar-refractivity contribution in [1.82, 2.24) is 9.88 Å². The zero-order valence-electron chi connectivity index (χ0n) is 10.0. The van der Waals surface area contributed by atoms with Gasteiger partial charge >= 0.3 is 0 Å². The van der Waals surface area contributed by atoms with Crippen molar-refractivity contribution in [1.29, 1.82) is 0 Å². The second-order valence-corrected chi connectivity index (χ2v) is 4.59. The molecule has 1 rings (SSSR count). The van der Waals surface area contributed by atoms with Crippen molar-refractivity contribution in [3.8, 4) is 5.88 Å². The van der Waals surface area contributed by atoms with Gasteiger partial charge in [0.05, 0.1) is 11.2 Å². The Labute approximate surface area is 98.5 Å². The number of aromatic amines is 1. The highest BCUT2D eigenvalue weighted by Crippen LogP contribution is 2.10. The van der Waals surface area contributed by atoms with Gasteiger partial charge in [-0.1, -0.05) is 0 Å². The summed E-state index contributed by atoms with van der Waals surface area (Å²) >= 11 is 0. The number of hydrogen-bond acceptors (Lipinski definition) is 4. The topological polar surface area (TPSA) is 93.6 Å². The summed E-state index contributed by atoms with van der Waals surface area (Å²) in [6, 6.07) is 2.27. The molecule has 0 aromatic carbocycles. The van der Waals surface area contributed by atoms with Gasteiger partial charge in [-0.25, -0.2) is 0 Å². The maximum absolute atomic E-state index is 11.9. The summed E-state index contributed by atoms with van der Waals surface area (Å²) in [5, 5.41) is 18.8. The fourth-order valence-electron chi connectivity index (χ4n) is 1.52. The van der Waals surface area contributed by atoms with Crippen LogP contribution in [0, 0.1) is 0 Å². The molecule has 0 aliphatic heterocycles. The number of H-pyrrole nitrogens is 1. The summed E-state index contributed by atoms with van der Waals surface area (Å²) < 4.78 is 0. The predicted octanol–water partition coefficient (Wildman–Crippen LogP) is -0.0766. The van der Waals surface area contributed by atoms with Gasteiger partial charge in [-0.2, -0.15) is 0 Å². The Hall–Kier alpha value is -1.82. The molecule has 0 radical (unpaired) electrons. The van der Waals surface area contributed by atoms with Gasteiger partial charge in [0.2, 0.25) is 0 Å². The zero-order chi connectivity index (χ0) is 13.2. The molecule has 0 aliphatic rings. The van der Waals surface area contributed by atoms with Crippen LogP contribution in [0.2, 0.25) is 0 Å². The van der Waals surface area contributed by atoms with Crippen LogP contribution in [0.5, 0.6) is 5.88 Å². The second kappa shape index (κ2) is 4.58. The highest BCUT2D eigenvalue weighted by molar-refractivity contribution is 5.94. The van der Waals surface area contributed by atoms with Crippen LogP contribution in [0.15, 0.2) is 16.9 Å². The number of carbonyl (C=O) groups is 1. The van der Waals surface area contributed by atoms with Gasteiger partial charge in [0.15, 0.2) is 5.88 Å². The third-order valence-electron chi connectivity index (χ3n) is 2.05. The minimum Gasteiger partial charge on any atom is -0.494 e. The first kappa shape index (κ1) is 13.2. The van der Waals surface area contributed by atoms with Gasteiger partial charge in [0.1, 0.15) is 0 Å². The van der Waals surface area contributed by atoms with Crippen LogP contribution in [0.25, 0.3) is 0 Å². The number of aromatic nitrogens is 1. The summed E-state index contributed by atoms with van der Waals surface area (Å²) in [4.78, 5) is 26.4. The molecule has 0 unspecified atom stereocenters. The molecule has 0 saturated heterocycles. The van der Waals surface area contributed by atoms with Crippen LogP contribution in [0.4, 0.5) is 0 Å². The van der Waals surface area contributed by atoms with Crippen LogP contribution in [-0.2, 0) is 0 Å². The Morgan fingerprint density at radius 3 is 2.53 bits per heavy atom. The lowest BCUT2D eigenvalue weighted by Crippen LogP contribution is -2.39. The molecular formula is C11H16N2O4. The molecular weight excluding hydrogens is 224 g/mol. The van der Waals surface area contributed by atoms with Gasteiger partial charge in [-0.15, -0.1) is 0 Å². The zero-order valence-corrected chi connectivity index (χ0v) is 10.0. The van der Waals surface area contributed by atoms with Crippen molar-refractivity contribution in [2.75, 3.05) is 13.6 Å². The number of likely N-dealkylation sites (N-methyl/N-ethyl adjacent to an activating group) is 1. The number of nitrogens with zero attached hydrogens (tertiary/aromatic N) is 1. The maximum Gasteiger partial charge on any atom is 0.254 e. The average Bonchev–Trinajstić information content (AvgIpc) is 2.12. The molecule has 0 bridgehead atoms. The molecule has 1 amide bonds. The Morgan fingerprint density at radius 2 is 2.06 bits per heavy atom. The monoisotopic (exact) mass is 240 g/mol. The molecule has 94 valence electrons. The van der Waals surface area contributed by atoms with E-state index in [4.69, 9.17) is 0 Å². The first-order valence-electron chi connectivity index (χ1n) is 5.10. The van der Waals surface area contributed by atoms with E-state index in [1.807, 2.05) is 0 Å². The molecule has 0 atom stereocenters. The number of rotatable bonds is 3. The van der Waals surface area contributed by atoms with E-state index in [2.05, 4.69) is 4.98 Å². The fourth-order valence-corrected chi connectivity index (χ4v) is 1.52. The number of pyridine rings is 1. The highest BCUT2D eigenvalue weighted by atomic mass is 16.3. The maximum atomic E-state index is 11.9. The van der Waals surface area contributed by atoms with Crippen molar-refractivity contribution >= 4 is 5.91 Å². The lowest BCUT2D eigenvalue weighted by atomic mass is 10.1. The lowest BCUT2D eigenvalue weighted by molar-refractivity contribution is 0.0367. The third kappa shape index (κ3) is 3.92. The molecule has 3 N–H and O–H groups in total. The van der Waals surface area contributed by atoms with E-state index in [0.29, 0.717) is 0 Å². The molecule has 1 aromatic heterocycles. The van der Waals surface area contributed by atoms with Crippen LogP contribution in [0.3, 0.4) is 0 Å². The molecule has 0 aliphatic carbocycles. The van der Waals surface area contributed by atoms with Crippen LogP contribution in [-0.4, -0.2) is 45.2 Å². The summed E-state index contributed by atoms with van der Waals surface area (Å²) in [6.07, 6.45) is 0. The standard InChI is InChI=1S/C11H16N2O4/c1-11(2,17)6-13(3)10(16)7-4-8(14)12-9(15)5-7/h4-5,17H,6H2,1-3H3,(H2,12,14,15). The van der Waals surface area contributed by atoms with Crippen molar-refractivity contribution in [2.24, 2.45) is 0 Å². The van der Waals surface area contributed by atoms with E-state index in [1.54, 1.807) is 13.8 Å². The van der Waals surface area contributed by atoms with E-state index < -0.39 is 17.1 Å². The Bertz CT molecular complexity index is 473. The minimum absolute atomic E-state index is 0.0815. The Kier molecular flexibility index (Phi) is 3.57. The normalized spacial score (nSPS) is 11.3. The average molecular weight is 240 g/mol. The predicted molar refractivity (Wildman–Crippen MR) is 62.0 cm³/mol. The highest BCUT2D eigenvalue weighted by Gasteiger charge is 2.20. The first-order valence-corrected chi connectivity index (χ1v) is 5.10. The summed E-state index contributed by atoms with van der Waals surface area (Å²) in [6.45, 7) is 3.28. The van der Waals surface area contributed by atoms with Crippen molar-refractivity contribution < 1.29 is 15.0 Å². The van der Waals surface area contributed by atoms with Gasteiger partial charge in [0.25, 0.3) is 11.5 Å². The number of aromatic hydroxyl groups is 1. The number of nitrogens with one attached hydrogen (secondary N) is 1. The second-order valence-electron chi connectivity index (χ2n) is 4.59. The molecule has 1 aromatic rings. The lowest BCUT2D eigenvalue weighted by Gasteiger charge is -2.25. The molecule has 0 fully saturated rings. The van der Waals surface area contributed by atoms with Crippen LogP contribution >= 0.6 is 0 Å². The Morgan fingerprint density at radius 1 is 1.47 bits per heavy atom. The molecule has 17 heavy (non-hydrogen) atoms. The fraction of sp³-hybridized carbons (Fsp3) is 0.455. The molecule has 6 heteroatoms. The van der Waals surface area contributed by atoms with Crippen molar-refractivity contribution in [3.05, 3.63) is 28.0 Å². The Balaban J connectivity index is 2.93. The quantitative estimate of drug-likeness (QED) is 0.689. The number of carbonyl (C=O) groups excluding carboxylic acids is 1. The van der Waals surface area contributed by atoms with E-state index in [9.17, 15) is 19.8 Å². The SMILES string of the molecule is CN(CC(C)(C)O)C(=O)c1cc(O)[nH]c(=O)c1. The van der Waals surface area contributed by atoms with Crippen LogP contribution < -0.4 is 5.56 Å². The summed E-state index contributed by atoms with van der Waals surface area (Å²) in [5.41, 5.74) is -1.49. The van der Waals surface area contributed by atoms with E-state index in [1.165, 1.54) is 18.0 Å². The summed E-state index contributed by atoms with van der Waals surface area (Å²) in [7, 11) is 1.51. The molecule has 1 heterocycles. The van der Waals surface area contributed by atoms with E-state index >= 15 is 0 Å². The summed E-state index contributed by atoms with van der Waals surface area (Å²) in [5.74, 6) is -0.800. The van der Waals surface area contributed by atoms with Gasteiger partial charge in [-0.05, 0) is 13.8 Å². The van der Waals surface area contributed by atoms with E-state index in [0.717, 1.165) is 6.07 Å². The number of aliphatic hydroxyl groups is 1. The minimum atomic E-state index is -1.02. The largest absolute Gasteiger partial charge is 0.494 e. The number of hydrogen-bond donors (Lipinski definition) is 3. The van der Waals surface area contributed by atoms with Gasteiger partial charge in [-0.3, -0.25) is 14.6 Å². The van der Waals surface area contributed by atoms with Gasteiger partial charge in [0, 0.05) is 25.7 Å². The van der Waals surface area contributed by atoms with Gasteiger partial charge < -0.3 is 15.1 Å². The molecule has 6 nitrogen and oxygen atoms in total.